The van der Waals surface area contributed by atoms with Gasteiger partial charge in [0.1, 0.15) is 0 Å². The van der Waals surface area contributed by atoms with Crippen LogP contribution in [-0.2, 0) is 0 Å². The molecule has 0 unspecified atom stereocenters. The summed E-state index contributed by atoms with van der Waals surface area (Å²) in [4.78, 5) is 16.9. The van der Waals surface area contributed by atoms with Gasteiger partial charge in [-0.15, -0.1) is 5.10 Å². The van der Waals surface area contributed by atoms with E-state index in [9.17, 15) is 0 Å². The third-order valence-electron chi connectivity index (χ3n) is 4.21. The Morgan fingerprint density at radius 2 is 2.04 bits per heavy atom. The second kappa shape index (κ2) is 5.01. The molecule has 0 aliphatic carbocycles. The van der Waals surface area contributed by atoms with Gasteiger partial charge in [-0.3, -0.25) is 4.98 Å². The molecule has 0 spiro atoms. The van der Waals surface area contributed by atoms with E-state index >= 15 is 0 Å². The molecule has 122 valence electrons. The predicted molar refractivity (Wildman–Crippen MR) is 93.0 cm³/mol. The normalized spacial score (nSPS) is 11.6. The zero-order valence-corrected chi connectivity index (χ0v) is 13.7. The summed E-state index contributed by atoms with van der Waals surface area (Å²) >= 11 is 0. The predicted octanol–water partition coefficient (Wildman–Crippen LogP) is 3.54. The van der Waals surface area contributed by atoms with Crippen LogP contribution in [0.15, 0.2) is 47.2 Å². The Kier molecular flexibility index (Phi) is 2.79. The van der Waals surface area contributed by atoms with Gasteiger partial charge in [0.25, 0.3) is 0 Å². The van der Waals surface area contributed by atoms with Crippen LogP contribution in [0.1, 0.15) is 11.4 Å². The number of fused-ring (bicyclic) bond motifs is 2. The third-order valence-corrected chi connectivity index (χ3v) is 4.21. The Balaban J connectivity index is 1.66. The fraction of sp³-hybridized carbons (Fsp3) is 0.111. The van der Waals surface area contributed by atoms with Crippen molar-refractivity contribution in [1.82, 2.24) is 29.5 Å². The van der Waals surface area contributed by atoms with Crippen LogP contribution in [0.4, 0.5) is 0 Å². The number of nitrogens with one attached hydrogen (secondary N) is 1. The SMILES string of the molecule is Cc1ncc(C)n2nc(-c3ccc4[nH]c(-c5ccco5)nc4c3)nc12. The molecule has 1 N–H and O–H groups in total. The molecule has 0 atom stereocenters. The largest absolute Gasteiger partial charge is 0.461 e. The summed E-state index contributed by atoms with van der Waals surface area (Å²) in [6.07, 6.45) is 3.43. The summed E-state index contributed by atoms with van der Waals surface area (Å²) in [7, 11) is 0. The van der Waals surface area contributed by atoms with Gasteiger partial charge < -0.3 is 9.40 Å². The molecular formula is C18H14N6O. The highest BCUT2D eigenvalue weighted by molar-refractivity contribution is 5.83. The minimum atomic E-state index is 0.656. The molecule has 0 fully saturated rings. The van der Waals surface area contributed by atoms with Crippen molar-refractivity contribution in [1.29, 1.82) is 0 Å². The number of hydrogen-bond acceptors (Lipinski definition) is 5. The molecule has 5 rings (SSSR count). The number of hydrogen-bond donors (Lipinski definition) is 1. The highest BCUT2D eigenvalue weighted by Crippen LogP contribution is 2.25. The number of aryl methyl sites for hydroxylation is 2. The maximum atomic E-state index is 5.40. The van der Waals surface area contributed by atoms with E-state index in [4.69, 9.17) is 4.42 Å². The fourth-order valence-electron chi connectivity index (χ4n) is 2.89. The summed E-state index contributed by atoms with van der Waals surface area (Å²) in [6, 6.07) is 9.66. The van der Waals surface area contributed by atoms with E-state index in [0.29, 0.717) is 17.4 Å². The molecule has 0 amide bonds. The topological polar surface area (TPSA) is 84.9 Å². The molecule has 0 aliphatic rings. The molecule has 7 nitrogen and oxygen atoms in total. The molecule has 0 saturated carbocycles. The van der Waals surface area contributed by atoms with Crippen LogP contribution < -0.4 is 0 Å². The molecule has 7 heteroatoms. The lowest BCUT2D eigenvalue weighted by Gasteiger charge is -1.97. The highest BCUT2D eigenvalue weighted by Gasteiger charge is 2.13. The van der Waals surface area contributed by atoms with Crippen molar-refractivity contribution in [2.24, 2.45) is 0 Å². The summed E-state index contributed by atoms with van der Waals surface area (Å²) in [5, 5.41) is 4.62. The first-order chi connectivity index (χ1) is 12.2. The molecule has 5 aromatic rings. The number of imidazole rings is 1. The Labute approximate surface area is 142 Å². The Bertz CT molecular complexity index is 1180. The van der Waals surface area contributed by atoms with E-state index in [0.717, 1.165) is 33.6 Å². The smallest absolute Gasteiger partial charge is 0.182 e. The number of H-pyrrole nitrogens is 1. The molecule has 4 heterocycles. The fourth-order valence-corrected chi connectivity index (χ4v) is 2.89. The van der Waals surface area contributed by atoms with Crippen LogP contribution in [0.2, 0.25) is 0 Å². The maximum absolute atomic E-state index is 5.40. The molecular weight excluding hydrogens is 316 g/mol. The van der Waals surface area contributed by atoms with E-state index in [1.54, 1.807) is 12.5 Å². The summed E-state index contributed by atoms with van der Waals surface area (Å²) in [6.45, 7) is 3.89. The van der Waals surface area contributed by atoms with Crippen LogP contribution >= 0.6 is 0 Å². The molecule has 0 radical (unpaired) electrons. The number of nitrogens with zero attached hydrogens (tertiary/aromatic N) is 5. The maximum Gasteiger partial charge on any atom is 0.182 e. The number of aromatic nitrogens is 6. The second-order valence-electron chi connectivity index (χ2n) is 5.95. The first kappa shape index (κ1) is 13.9. The molecule has 4 aromatic heterocycles. The summed E-state index contributed by atoms with van der Waals surface area (Å²) in [5.41, 5.74) is 5.26. The standard InChI is InChI=1S/C18H14N6O/c1-10-9-19-11(2)18-22-16(23-24(10)18)12-5-6-13-14(8-12)21-17(20-13)15-4-3-7-25-15/h3-9H,1-2H3,(H,20,21). The van der Waals surface area contributed by atoms with Crippen molar-refractivity contribution < 1.29 is 4.42 Å². The van der Waals surface area contributed by atoms with Gasteiger partial charge >= 0.3 is 0 Å². The number of furan rings is 1. The van der Waals surface area contributed by atoms with E-state index in [1.807, 2.05) is 48.7 Å². The van der Waals surface area contributed by atoms with Gasteiger partial charge in [0.05, 0.1) is 28.7 Å². The van der Waals surface area contributed by atoms with E-state index in [1.165, 1.54) is 0 Å². The van der Waals surface area contributed by atoms with Crippen LogP contribution in [0, 0.1) is 13.8 Å². The number of rotatable bonds is 2. The second-order valence-corrected chi connectivity index (χ2v) is 5.95. The van der Waals surface area contributed by atoms with Crippen molar-refractivity contribution in [2.75, 3.05) is 0 Å². The van der Waals surface area contributed by atoms with Gasteiger partial charge in [0.15, 0.2) is 23.1 Å². The zero-order valence-electron chi connectivity index (χ0n) is 13.7. The van der Waals surface area contributed by atoms with Crippen molar-refractivity contribution in [3.05, 3.63) is 54.2 Å². The highest BCUT2D eigenvalue weighted by atomic mass is 16.3. The van der Waals surface area contributed by atoms with Crippen LogP contribution in [0.5, 0.6) is 0 Å². The number of benzene rings is 1. The van der Waals surface area contributed by atoms with Crippen LogP contribution in [0.25, 0.3) is 39.7 Å². The van der Waals surface area contributed by atoms with Gasteiger partial charge in [0, 0.05) is 11.8 Å². The van der Waals surface area contributed by atoms with E-state index < -0.39 is 0 Å². The van der Waals surface area contributed by atoms with E-state index in [2.05, 4.69) is 25.0 Å². The quantitative estimate of drug-likeness (QED) is 0.535. The van der Waals surface area contributed by atoms with Gasteiger partial charge in [-0.2, -0.15) is 0 Å². The van der Waals surface area contributed by atoms with Gasteiger partial charge in [-0.05, 0) is 44.2 Å². The molecule has 0 aliphatic heterocycles. The first-order valence-electron chi connectivity index (χ1n) is 7.92. The molecule has 25 heavy (non-hydrogen) atoms. The lowest BCUT2D eigenvalue weighted by atomic mass is 10.2. The zero-order chi connectivity index (χ0) is 17.0. The average molecular weight is 330 g/mol. The third kappa shape index (κ3) is 2.13. The van der Waals surface area contributed by atoms with Crippen LogP contribution in [-0.4, -0.2) is 29.5 Å². The van der Waals surface area contributed by atoms with Gasteiger partial charge in [0.2, 0.25) is 0 Å². The van der Waals surface area contributed by atoms with Crippen LogP contribution in [0.3, 0.4) is 0 Å². The van der Waals surface area contributed by atoms with Crippen molar-refractivity contribution >= 4 is 16.7 Å². The number of aromatic amines is 1. The monoisotopic (exact) mass is 330 g/mol. The molecule has 0 saturated heterocycles. The van der Waals surface area contributed by atoms with Crippen molar-refractivity contribution in [2.45, 2.75) is 13.8 Å². The van der Waals surface area contributed by atoms with Gasteiger partial charge in [-0.1, -0.05) is 0 Å². The minimum Gasteiger partial charge on any atom is -0.461 e. The Hall–Kier alpha value is -3.48. The summed E-state index contributed by atoms with van der Waals surface area (Å²) < 4.78 is 7.22. The first-order valence-corrected chi connectivity index (χ1v) is 7.92. The van der Waals surface area contributed by atoms with Crippen molar-refractivity contribution in [3.8, 4) is 23.0 Å². The lowest BCUT2D eigenvalue weighted by molar-refractivity contribution is 0.578. The van der Waals surface area contributed by atoms with Gasteiger partial charge in [-0.25, -0.2) is 14.5 Å². The average Bonchev–Trinajstić information content (AvgIpc) is 3.36. The minimum absolute atomic E-state index is 0.656. The Morgan fingerprint density at radius 3 is 2.84 bits per heavy atom. The molecule has 0 bridgehead atoms. The lowest BCUT2D eigenvalue weighted by Crippen LogP contribution is -1.97. The Morgan fingerprint density at radius 1 is 1.12 bits per heavy atom. The molecule has 1 aromatic carbocycles. The van der Waals surface area contributed by atoms with E-state index in [-0.39, 0.29) is 0 Å². The summed E-state index contributed by atoms with van der Waals surface area (Å²) in [5.74, 6) is 2.07. The van der Waals surface area contributed by atoms with Crippen molar-refractivity contribution in [3.63, 3.8) is 0 Å².